The van der Waals surface area contributed by atoms with Gasteiger partial charge >= 0.3 is 6.18 Å². The number of benzene rings is 4. The van der Waals surface area contributed by atoms with Crippen LogP contribution in [-0.4, -0.2) is 20.4 Å². The van der Waals surface area contributed by atoms with Crippen molar-refractivity contribution in [3.05, 3.63) is 119 Å². The van der Waals surface area contributed by atoms with Gasteiger partial charge in [-0.3, -0.25) is 4.79 Å². The number of aryl methyl sites for hydroxylation is 1. The maximum Gasteiger partial charge on any atom is 0.416 e. The summed E-state index contributed by atoms with van der Waals surface area (Å²) in [5.41, 5.74) is 3.28. The molecule has 4 aromatic carbocycles. The van der Waals surface area contributed by atoms with Crippen LogP contribution in [0.15, 0.2) is 95.9 Å². The van der Waals surface area contributed by atoms with Gasteiger partial charge in [-0.15, -0.1) is 0 Å². The molecule has 5 nitrogen and oxygen atoms in total. The first-order chi connectivity index (χ1) is 18.5. The number of sulfonamides is 1. The molecule has 0 heterocycles. The summed E-state index contributed by atoms with van der Waals surface area (Å²) < 4.78 is 68.2. The van der Waals surface area contributed by atoms with Gasteiger partial charge in [0.1, 0.15) is 0 Å². The summed E-state index contributed by atoms with van der Waals surface area (Å²) in [4.78, 5) is 13.5. The van der Waals surface area contributed by atoms with Crippen molar-refractivity contribution in [2.45, 2.75) is 36.9 Å². The normalized spacial score (nSPS) is 15.1. The SMILES string of the molecule is Cc1cccc(C(=O)Nc2ccc3c(c2)CC(NS(=O)(=O)c2ccccc2)C3)c1-c1cccc(C(F)(F)F)c1. The minimum atomic E-state index is -4.50. The van der Waals surface area contributed by atoms with Crippen LogP contribution in [0.25, 0.3) is 11.1 Å². The number of amides is 1. The molecule has 1 unspecified atom stereocenters. The molecule has 1 amide bonds. The van der Waals surface area contributed by atoms with Gasteiger partial charge in [0.2, 0.25) is 10.0 Å². The molecule has 9 heteroatoms. The van der Waals surface area contributed by atoms with Crippen molar-refractivity contribution in [1.82, 2.24) is 4.72 Å². The molecule has 5 rings (SSSR count). The van der Waals surface area contributed by atoms with Crippen molar-refractivity contribution in [1.29, 1.82) is 0 Å². The van der Waals surface area contributed by atoms with E-state index in [0.717, 1.165) is 23.3 Å². The summed E-state index contributed by atoms with van der Waals surface area (Å²) in [5.74, 6) is -0.453. The fourth-order valence-electron chi connectivity index (χ4n) is 4.96. The van der Waals surface area contributed by atoms with Gasteiger partial charge < -0.3 is 5.32 Å². The van der Waals surface area contributed by atoms with E-state index >= 15 is 0 Å². The van der Waals surface area contributed by atoms with E-state index in [2.05, 4.69) is 10.0 Å². The Bertz CT molecular complexity index is 1650. The van der Waals surface area contributed by atoms with Crippen LogP contribution in [0.2, 0.25) is 0 Å². The number of rotatable bonds is 6. The molecule has 1 aliphatic carbocycles. The van der Waals surface area contributed by atoms with Crippen molar-refractivity contribution in [3.63, 3.8) is 0 Å². The van der Waals surface area contributed by atoms with E-state index in [1.807, 2.05) is 12.1 Å². The lowest BCUT2D eigenvalue weighted by Crippen LogP contribution is -2.35. The van der Waals surface area contributed by atoms with Crippen molar-refractivity contribution in [2.24, 2.45) is 0 Å². The minimum absolute atomic E-state index is 0.198. The van der Waals surface area contributed by atoms with E-state index in [0.29, 0.717) is 35.2 Å². The van der Waals surface area contributed by atoms with Crippen LogP contribution < -0.4 is 10.0 Å². The van der Waals surface area contributed by atoms with Crippen molar-refractivity contribution < 1.29 is 26.4 Å². The van der Waals surface area contributed by atoms with E-state index in [1.54, 1.807) is 55.5 Å². The van der Waals surface area contributed by atoms with Crippen LogP contribution in [0, 0.1) is 6.92 Å². The molecule has 39 heavy (non-hydrogen) atoms. The molecule has 0 aromatic heterocycles. The molecule has 0 radical (unpaired) electrons. The molecule has 0 saturated carbocycles. The van der Waals surface area contributed by atoms with Crippen LogP contribution in [0.4, 0.5) is 18.9 Å². The van der Waals surface area contributed by atoms with Gasteiger partial charge in [0.25, 0.3) is 5.91 Å². The summed E-state index contributed by atoms with van der Waals surface area (Å²) in [6.07, 6.45) is -3.52. The van der Waals surface area contributed by atoms with Gasteiger partial charge in [-0.05, 0) is 90.0 Å². The topological polar surface area (TPSA) is 75.3 Å². The third kappa shape index (κ3) is 5.74. The van der Waals surface area contributed by atoms with Gasteiger partial charge in [-0.25, -0.2) is 13.1 Å². The Hall–Kier alpha value is -3.95. The van der Waals surface area contributed by atoms with Crippen LogP contribution in [-0.2, 0) is 29.0 Å². The number of carbonyl (C=O) groups is 1. The predicted molar refractivity (Wildman–Crippen MR) is 144 cm³/mol. The number of nitrogens with one attached hydrogen (secondary N) is 2. The first-order valence-corrected chi connectivity index (χ1v) is 13.8. The van der Waals surface area contributed by atoms with Crippen LogP contribution in [0.3, 0.4) is 0 Å². The van der Waals surface area contributed by atoms with Crippen molar-refractivity contribution >= 4 is 21.6 Å². The second-order valence-corrected chi connectivity index (χ2v) is 11.3. The molecular formula is C30H25F3N2O3S. The van der Waals surface area contributed by atoms with Gasteiger partial charge in [-0.1, -0.05) is 48.5 Å². The van der Waals surface area contributed by atoms with E-state index in [-0.39, 0.29) is 16.5 Å². The number of carbonyl (C=O) groups excluding carboxylic acids is 1. The number of fused-ring (bicyclic) bond motifs is 1. The number of halogens is 3. The number of hydrogen-bond donors (Lipinski definition) is 2. The number of hydrogen-bond acceptors (Lipinski definition) is 3. The van der Waals surface area contributed by atoms with Gasteiger partial charge in [0, 0.05) is 17.3 Å². The Balaban J connectivity index is 1.35. The Kier molecular flexibility index (Phi) is 7.05. The molecule has 1 aliphatic rings. The van der Waals surface area contributed by atoms with E-state index in [9.17, 15) is 26.4 Å². The summed E-state index contributed by atoms with van der Waals surface area (Å²) in [6.45, 7) is 1.75. The summed E-state index contributed by atoms with van der Waals surface area (Å²) >= 11 is 0. The Labute approximate surface area is 224 Å². The van der Waals surface area contributed by atoms with Crippen molar-refractivity contribution in [3.8, 4) is 11.1 Å². The smallest absolute Gasteiger partial charge is 0.322 e. The van der Waals surface area contributed by atoms with E-state index in [4.69, 9.17) is 0 Å². The predicted octanol–water partition coefficient (Wildman–Crippen LogP) is 6.38. The van der Waals surface area contributed by atoms with E-state index < -0.39 is 27.7 Å². The second kappa shape index (κ2) is 10.3. The number of anilines is 1. The fraction of sp³-hybridized carbons (Fsp3) is 0.167. The molecule has 0 aliphatic heterocycles. The molecule has 0 saturated heterocycles. The van der Waals surface area contributed by atoms with Crippen LogP contribution in [0.5, 0.6) is 0 Å². The molecule has 0 fully saturated rings. The Morgan fingerprint density at radius 2 is 1.56 bits per heavy atom. The maximum atomic E-state index is 13.3. The zero-order valence-corrected chi connectivity index (χ0v) is 21.7. The zero-order valence-electron chi connectivity index (χ0n) is 20.9. The Morgan fingerprint density at radius 3 is 2.31 bits per heavy atom. The number of alkyl halides is 3. The maximum absolute atomic E-state index is 13.3. The van der Waals surface area contributed by atoms with Crippen LogP contribution >= 0.6 is 0 Å². The lowest BCUT2D eigenvalue weighted by atomic mass is 9.93. The highest BCUT2D eigenvalue weighted by Crippen LogP contribution is 2.35. The third-order valence-electron chi connectivity index (χ3n) is 6.77. The zero-order chi connectivity index (χ0) is 27.8. The fourth-order valence-corrected chi connectivity index (χ4v) is 6.21. The largest absolute Gasteiger partial charge is 0.416 e. The summed E-state index contributed by atoms with van der Waals surface area (Å²) in [5, 5.41) is 2.86. The highest BCUT2D eigenvalue weighted by atomic mass is 32.2. The highest BCUT2D eigenvalue weighted by molar-refractivity contribution is 7.89. The van der Waals surface area contributed by atoms with Gasteiger partial charge in [0.05, 0.1) is 10.5 Å². The molecule has 200 valence electrons. The quantitative estimate of drug-likeness (QED) is 0.293. The molecule has 2 N–H and O–H groups in total. The minimum Gasteiger partial charge on any atom is -0.322 e. The average molecular weight is 551 g/mol. The third-order valence-corrected chi connectivity index (χ3v) is 8.30. The summed E-state index contributed by atoms with van der Waals surface area (Å²) in [6, 6.07) is 23.2. The van der Waals surface area contributed by atoms with E-state index in [1.165, 1.54) is 18.2 Å². The Morgan fingerprint density at radius 1 is 0.846 bits per heavy atom. The monoisotopic (exact) mass is 550 g/mol. The second-order valence-electron chi connectivity index (χ2n) is 9.55. The van der Waals surface area contributed by atoms with Crippen LogP contribution in [0.1, 0.15) is 32.6 Å². The first-order valence-electron chi connectivity index (χ1n) is 12.3. The molecule has 0 spiro atoms. The molecule has 0 bridgehead atoms. The highest BCUT2D eigenvalue weighted by Gasteiger charge is 2.31. The first kappa shape index (κ1) is 26.6. The van der Waals surface area contributed by atoms with Gasteiger partial charge in [-0.2, -0.15) is 13.2 Å². The summed E-state index contributed by atoms with van der Waals surface area (Å²) in [7, 11) is -3.66. The van der Waals surface area contributed by atoms with Crippen molar-refractivity contribution in [2.75, 3.05) is 5.32 Å². The standard InChI is InChI=1S/C30H25F3N2O3S/c1-19-7-5-12-27(28(19)21-8-6-9-23(15-21)30(31,32)33)29(36)34-24-14-13-20-16-25(18-22(20)17-24)35-39(37,38)26-10-3-2-4-11-26/h2-15,17,25,35H,16,18H2,1H3,(H,34,36). The average Bonchev–Trinajstić information content (AvgIpc) is 3.29. The van der Waals surface area contributed by atoms with Gasteiger partial charge in [0.15, 0.2) is 0 Å². The lowest BCUT2D eigenvalue weighted by Gasteiger charge is -2.15. The molecule has 4 aromatic rings. The molecule has 1 atom stereocenters. The lowest BCUT2D eigenvalue weighted by molar-refractivity contribution is -0.137. The molecular weight excluding hydrogens is 525 g/mol.